The highest BCUT2D eigenvalue weighted by molar-refractivity contribution is 5.26. The summed E-state index contributed by atoms with van der Waals surface area (Å²) in [6.45, 7) is 12.3. The summed E-state index contributed by atoms with van der Waals surface area (Å²) >= 11 is 0. The van der Waals surface area contributed by atoms with E-state index in [2.05, 4.69) is 46.8 Å². The van der Waals surface area contributed by atoms with Gasteiger partial charge in [-0.05, 0) is 106 Å². The van der Waals surface area contributed by atoms with Crippen LogP contribution in [0.1, 0.15) is 118 Å². The highest BCUT2D eigenvalue weighted by Crippen LogP contribution is 2.67. The fourth-order valence-corrected chi connectivity index (χ4v) is 8.86. The topological polar surface area (TPSA) is 18.5 Å². The molecule has 188 valence electrons. The predicted molar refractivity (Wildman–Crippen MR) is 139 cm³/mol. The third-order valence-corrected chi connectivity index (χ3v) is 10.8. The lowest BCUT2D eigenvalue weighted by Crippen LogP contribution is -2.50. The van der Waals surface area contributed by atoms with E-state index in [1.807, 2.05) is 0 Å². The standard InChI is InChI=1S/C31H52O2/c1-7-9-10-12-22(3)26-15-16-27-25-14-13-23-21-24(33-29(32-6)11-8-2)17-19-30(23,4)28(25)18-20-31(26,27)5/h12-13,24-29H,7-11,14-21H2,1-6H3/b22-12+. The van der Waals surface area contributed by atoms with Crippen molar-refractivity contribution in [1.82, 2.24) is 0 Å². The summed E-state index contributed by atoms with van der Waals surface area (Å²) in [5.41, 5.74) is 4.37. The number of allylic oxidation sites excluding steroid dienone is 3. The van der Waals surface area contributed by atoms with Crippen molar-refractivity contribution in [2.75, 3.05) is 7.11 Å². The van der Waals surface area contributed by atoms with Crippen LogP contribution in [0.4, 0.5) is 0 Å². The number of ether oxygens (including phenoxy) is 2. The van der Waals surface area contributed by atoms with E-state index in [4.69, 9.17) is 9.47 Å². The monoisotopic (exact) mass is 456 g/mol. The number of methoxy groups -OCH3 is 1. The molecule has 0 N–H and O–H groups in total. The fraction of sp³-hybridized carbons (Fsp3) is 0.871. The molecule has 3 saturated carbocycles. The molecule has 8 unspecified atom stereocenters. The van der Waals surface area contributed by atoms with Crippen LogP contribution in [0.5, 0.6) is 0 Å². The lowest BCUT2D eigenvalue weighted by atomic mass is 9.47. The summed E-state index contributed by atoms with van der Waals surface area (Å²) in [7, 11) is 1.80. The highest BCUT2D eigenvalue weighted by atomic mass is 16.7. The Labute approximate surface area is 205 Å². The Morgan fingerprint density at radius 2 is 1.91 bits per heavy atom. The second-order valence-electron chi connectivity index (χ2n) is 12.5. The van der Waals surface area contributed by atoms with Crippen LogP contribution in [0.25, 0.3) is 0 Å². The van der Waals surface area contributed by atoms with E-state index in [0.29, 0.717) is 16.9 Å². The van der Waals surface area contributed by atoms with E-state index < -0.39 is 0 Å². The van der Waals surface area contributed by atoms with Crippen LogP contribution in [0, 0.1) is 34.5 Å². The summed E-state index contributed by atoms with van der Waals surface area (Å²) in [6, 6.07) is 0. The van der Waals surface area contributed by atoms with Crippen molar-refractivity contribution >= 4 is 0 Å². The van der Waals surface area contributed by atoms with Gasteiger partial charge in [0, 0.05) is 7.11 Å². The Hall–Kier alpha value is -0.600. The molecule has 33 heavy (non-hydrogen) atoms. The van der Waals surface area contributed by atoms with Gasteiger partial charge in [-0.3, -0.25) is 0 Å². The van der Waals surface area contributed by atoms with Gasteiger partial charge in [-0.2, -0.15) is 0 Å². The third-order valence-electron chi connectivity index (χ3n) is 10.8. The Morgan fingerprint density at radius 1 is 1.09 bits per heavy atom. The minimum absolute atomic E-state index is 0.0271. The van der Waals surface area contributed by atoms with E-state index >= 15 is 0 Å². The van der Waals surface area contributed by atoms with Crippen molar-refractivity contribution in [3.63, 3.8) is 0 Å². The maximum Gasteiger partial charge on any atom is 0.157 e. The van der Waals surface area contributed by atoms with Gasteiger partial charge in [0.05, 0.1) is 6.10 Å². The van der Waals surface area contributed by atoms with Crippen LogP contribution < -0.4 is 0 Å². The minimum Gasteiger partial charge on any atom is -0.356 e. The third kappa shape index (κ3) is 4.77. The molecule has 4 aliphatic rings. The molecule has 2 heteroatoms. The lowest BCUT2D eigenvalue weighted by molar-refractivity contribution is -0.168. The molecule has 0 bridgehead atoms. The molecular formula is C31H52O2. The number of rotatable bonds is 9. The van der Waals surface area contributed by atoms with Crippen molar-refractivity contribution in [2.24, 2.45) is 34.5 Å². The molecule has 4 aliphatic carbocycles. The van der Waals surface area contributed by atoms with Gasteiger partial charge < -0.3 is 9.47 Å². The Kier molecular flexibility index (Phi) is 8.16. The van der Waals surface area contributed by atoms with E-state index in [0.717, 1.165) is 42.9 Å². The molecule has 2 nitrogen and oxygen atoms in total. The van der Waals surface area contributed by atoms with Gasteiger partial charge in [0.2, 0.25) is 0 Å². The van der Waals surface area contributed by atoms with Crippen LogP contribution in [0.15, 0.2) is 23.3 Å². The van der Waals surface area contributed by atoms with E-state index in [9.17, 15) is 0 Å². The minimum atomic E-state index is -0.0271. The fourth-order valence-electron chi connectivity index (χ4n) is 8.86. The molecular weight excluding hydrogens is 404 g/mol. The number of hydrogen-bond donors (Lipinski definition) is 0. The van der Waals surface area contributed by atoms with Gasteiger partial charge in [0.25, 0.3) is 0 Å². The Balaban J connectivity index is 1.47. The lowest BCUT2D eigenvalue weighted by Gasteiger charge is -2.58. The quantitative estimate of drug-likeness (QED) is 0.196. The van der Waals surface area contributed by atoms with Gasteiger partial charge in [0.15, 0.2) is 6.29 Å². The molecule has 0 aliphatic heterocycles. The number of unbranched alkanes of at least 4 members (excludes halogenated alkanes) is 2. The largest absolute Gasteiger partial charge is 0.356 e. The molecule has 0 saturated heterocycles. The van der Waals surface area contributed by atoms with Gasteiger partial charge in [0.1, 0.15) is 0 Å². The maximum atomic E-state index is 6.41. The van der Waals surface area contributed by atoms with Crippen molar-refractivity contribution in [3.8, 4) is 0 Å². The predicted octanol–water partition coefficient (Wildman–Crippen LogP) is 8.86. The summed E-state index contributed by atoms with van der Waals surface area (Å²) in [5.74, 6) is 3.53. The molecule has 0 aromatic heterocycles. The summed E-state index contributed by atoms with van der Waals surface area (Å²) in [4.78, 5) is 0. The number of fused-ring (bicyclic) bond motifs is 5. The second kappa shape index (κ2) is 10.6. The molecule has 4 rings (SSSR count). The smallest absolute Gasteiger partial charge is 0.157 e. The van der Waals surface area contributed by atoms with Crippen LogP contribution in [-0.4, -0.2) is 19.5 Å². The average molecular weight is 457 g/mol. The molecule has 3 fully saturated rings. The van der Waals surface area contributed by atoms with Crippen molar-refractivity contribution in [2.45, 2.75) is 130 Å². The van der Waals surface area contributed by atoms with E-state index in [1.165, 1.54) is 64.2 Å². The van der Waals surface area contributed by atoms with Crippen molar-refractivity contribution in [3.05, 3.63) is 23.3 Å². The van der Waals surface area contributed by atoms with Gasteiger partial charge >= 0.3 is 0 Å². The normalized spacial score (nSPS) is 41.7. The van der Waals surface area contributed by atoms with Crippen molar-refractivity contribution < 1.29 is 9.47 Å². The zero-order chi connectivity index (χ0) is 23.6. The maximum absolute atomic E-state index is 6.41. The first kappa shape index (κ1) is 25.5. The first-order valence-corrected chi connectivity index (χ1v) is 14.4. The summed E-state index contributed by atoms with van der Waals surface area (Å²) in [5, 5.41) is 0. The van der Waals surface area contributed by atoms with E-state index in [-0.39, 0.29) is 6.29 Å². The molecule has 0 amide bonds. The highest BCUT2D eigenvalue weighted by Gasteiger charge is 2.58. The average Bonchev–Trinajstić information content (AvgIpc) is 3.16. The second-order valence-corrected chi connectivity index (χ2v) is 12.5. The first-order valence-electron chi connectivity index (χ1n) is 14.4. The SMILES string of the molecule is CCCC/C=C(\C)C1CCC2C3CC=C4CC(OC(CCC)OC)CCC4(C)C3CCC12C. The molecule has 0 aromatic rings. The van der Waals surface area contributed by atoms with E-state index in [1.54, 1.807) is 18.3 Å². The molecule has 0 heterocycles. The van der Waals surface area contributed by atoms with Crippen LogP contribution in [0.3, 0.4) is 0 Å². The van der Waals surface area contributed by atoms with Crippen LogP contribution >= 0.6 is 0 Å². The van der Waals surface area contributed by atoms with Gasteiger partial charge in [-0.1, -0.05) is 70.3 Å². The Morgan fingerprint density at radius 3 is 2.64 bits per heavy atom. The summed E-state index contributed by atoms with van der Waals surface area (Å²) in [6.07, 6.45) is 22.4. The molecule has 8 atom stereocenters. The summed E-state index contributed by atoms with van der Waals surface area (Å²) < 4.78 is 12.0. The van der Waals surface area contributed by atoms with Crippen molar-refractivity contribution in [1.29, 1.82) is 0 Å². The molecule has 0 spiro atoms. The zero-order valence-electron chi connectivity index (χ0n) is 22.6. The molecule has 0 aromatic carbocycles. The Bertz CT molecular complexity index is 722. The van der Waals surface area contributed by atoms with Gasteiger partial charge in [-0.15, -0.1) is 0 Å². The van der Waals surface area contributed by atoms with Crippen LogP contribution in [-0.2, 0) is 9.47 Å². The first-order chi connectivity index (χ1) is 15.9. The van der Waals surface area contributed by atoms with Gasteiger partial charge in [-0.25, -0.2) is 0 Å². The number of hydrogen-bond acceptors (Lipinski definition) is 2. The van der Waals surface area contributed by atoms with Crippen LogP contribution in [0.2, 0.25) is 0 Å². The molecule has 0 radical (unpaired) electrons. The zero-order valence-corrected chi connectivity index (χ0v) is 22.6.